The SMILES string of the molecule is C=CCN1C(=O)c2ccc(-c3nc(C4CNCCN4C)no3)cc2C1=O.Cl. The zero-order valence-corrected chi connectivity index (χ0v) is 15.7. The van der Waals surface area contributed by atoms with Crippen molar-refractivity contribution >= 4 is 24.2 Å². The first kappa shape index (κ1) is 19.2. The standard InChI is InChI=1S/C18H19N5O3.ClH/c1-3-7-23-17(24)12-5-4-11(9-13(12)18(23)25)16-20-15(21-26-16)14-10-19-6-8-22(14)2;/h3-5,9,14,19H,1,6-8,10H2,2H3;1H. The Morgan fingerprint density at radius 1 is 1.33 bits per heavy atom. The highest BCUT2D eigenvalue weighted by molar-refractivity contribution is 6.21. The van der Waals surface area contributed by atoms with E-state index in [4.69, 9.17) is 4.52 Å². The van der Waals surface area contributed by atoms with Crippen molar-refractivity contribution in [2.45, 2.75) is 6.04 Å². The number of hydrogen-bond donors (Lipinski definition) is 1. The minimum atomic E-state index is -0.331. The summed E-state index contributed by atoms with van der Waals surface area (Å²) in [5.74, 6) is 0.301. The second-order valence-corrected chi connectivity index (χ2v) is 6.43. The Hall–Kier alpha value is -2.55. The van der Waals surface area contributed by atoms with E-state index in [9.17, 15) is 9.59 Å². The van der Waals surface area contributed by atoms with Crippen molar-refractivity contribution in [3.05, 3.63) is 47.8 Å². The quantitative estimate of drug-likeness (QED) is 0.626. The fourth-order valence-electron chi connectivity index (χ4n) is 3.30. The van der Waals surface area contributed by atoms with Crippen molar-refractivity contribution < 1.29 is 14.1 Å². The summed E-state index contributed by atoms with van der Waals surface area (Å²) in [5, 5.41) is 7.41. The van der Waals surface area contributed by atoms with Crippen LogP contribution in [0.4, 0.5) is 0 Å². The fourth-order valence-corrected chi connectivity index (χ4v) is 3.30. The highest BCUT2D eigenvalue weighted by Crippen LogP contribution is 2.29. The normalized spacial score (nSPS) is 19.7. The van der Waals surface area contributed by atoms with Gasteiger partial charge < -0.3 is 9.84 Å². The van der Waals surface area contributed by atoms with E-state index >= 15 is 0 Å². The molecule has 27 heavy (non-hydrogen) atoms. The highest BCUT2D eigenvalue weighted by atomic mass is 35.5. The number of piperazine rings is 1. The minimum absolute atomic E-state index is 0. The third-order valence-corrected chi connectivity index (χ3v) is 4.78. The zero-order valence-electron chi connectivity index (χ0n) is 14.8. The third kappa shape index (κ3) is 3.27. The lowest BCUT2D eigenvalue weighted by Gasteiger charge is -2.30. The Kier molecular flexibility index (Phi) is 5.41. The molecular weight excluding hydrogens is 370 g/mol. The maximum atomic E-state index is 12.5. The van der Waals surface area contributed by atoms with Gasteiger partial charge in [-0.2, -0.15) is 4.98 Å². The minimum Gasteiger partial charge on any atom is -0.334 e. The molecule has 2 aromatic rings. The fraction of sp³-hybridized carbons (Fsp3) is 0.333. The number of carbonyl (C=O) groups excluding carboxylic acids is 2. The molecule has 142 valence electrons. The van der Waals surface area contributed by atoms with Gasteiger partial charge in [0, 0.05) is 31.7 Å². The van der Waals surface area contributed by atoms with Crippen LogP contribution in [0.25, 0.3) is 11.5 Å². The number of benzene rings is 1. The summed E-state index contributed by atoms with van der Waals surface area (Å²) in [6.45, 7) is 6.36. The van der Waals surface area contributed by atoms with Gasteiger partial charge in [0.15, 0.2) is 5.82 Å². The Morgan fingerprint density at radius 3 is 2.85 bits per heavy atom. The van der Waals surface area contributed by atoms with Gasteiger partial charge in [0.25, 0.3) is 17.7 Å². The number of halogens is 1. The largest absolute Gasteiger partial charge is 0.334 e. The Labute approximate surface area is 162 Å². The average molecular weight is 390 g/mol. The van der Waals surface area contributed by atoms with Gasteiger partial charge in [-0.25, -0.2) is 0 Å². The molecule has 2 aliphatic rings. The molecule has 1 fully saturated rings. The van der Waals surface area contributed by atoms with Gasteiger partial charge in [0.2, 0.25) is 0 Å². The van der Waals surface area contributed by atoms with Gasteiger partial charge in [-0.05, 0) is 25.2 Å². The average Bonchev–Trinajstić information content (AvgIpc) is 3.22. The lowest BCUT2D eigenvalue weighted by Crippen LogP contribution is -2.44. The van der Waals surface area contributed by atoms with Crippen LogP contribution in [0.1, 0.15) is 32.6 Å². The lowest BCUT2D eigenvalue weighted by atomic mass is 10.1. The summed E-state index contributed by atoms with van der Waals surface area (Å²) in [5.41, 5.74) is 1.36. The van der Waals surface area contributed by atoms with E-state index in [0.717, 1.165) is 19.6 Å². The molecule has 1 aromatic carbocycles. The molecule has 0 aliphatic carbocycles. The molecule has 8 nitrogen and oxygen atoms in total. The van der Waals surface area contributed by atoms with Crippen LogP contribution < -0.4 is 5.32 Å². The van der Waals surface area contributed by atoms with Gasteiger partial charge in [-0.15, -0.1) is 19.0 Å². The first-order chi connectivity index (χ1) is 12.6. The van der Waals surface area contributed by atoms with Crippen molar-refractivity contribution in [2.24, 2.45) is 0 Å². The van der Waals surface area contributed by atoms with Crippen molar-refractivity contribution in [3.8, 4) is 11.5 Å². The van der Waals surface area contributed by atoms with E-state index in [1.807, 2.05) is 7.05 Å². The monoisotopic (exact) mass is 389 g/mol. The van der Waals surface area contributed by atoms with Crippen molar-refractivity contribution in [2.75, 3.05) is 33.2 Å². The molecule has 0 spiro atoms. The first-order valence-corrected chi connectivity index (χ1v) is 8.46. The molecule has 0 bridgehead atoms. The smallest absolute Gasteiger partial charge is 0.261 e. The lowest BCUT2D eigenvalue weighted by molar-refractivity contribution is 0.0672. The number of hydrogen-bond acceptors (Lipinski definition) is 7. The molecule has 1 saturated heterocycles. The zero-order chi connectivity index (χ0) is 18.3. The molecule has 1 unspecified atom stereocenters. The summed E-state index contributed by atoms with van der Waals surface area (Å²) in [6.07, 6.45) is 1.53. The van der Waals surface area contributed by atoms with E-state index in [2.05, 4.69) is 26.9 Å². The Balaban J connectivity index is 0.00000210. The molecule has 1 aromatic heterocycles. The number of aromatic nitrogens is 2. The number of nitrogens with one attached hydrogen (secondary N) is 1. The maximum absolute atomic E-state index is 12.5. The van der Waals surface area contributed by atoms with Gasteiger partial charge in [-0.3, -0.25) is 19.4 Å². The van der Waals surface area contributed by atoms with Crippen molar-refractivity contribution in [3.63, 3.8) is 0 Å². The molecular formula is C18H20ClN5O3. The van der Waals surface area contributed by atoms with Crippen LogP contribution in [0.15, 0.2) is 35.4 Å². The molecule has 3 heterocycles. The summed E-state index contributed by atoms with van der Waals surface area (Å²) < 4.78 is 5.41. The van der Waals surface area contributed by atoms with Crippen LogP contribution in [0.5, 0.6) is 0 Å². The molecule has 2 aliphatic heterocycles. The molecule has 1 N–H and O–H groups in total. The second-order valence-electron chi connectivity index (χ2n) is 6.43. The Morgan fingerprint density at radius 2 is 2.11 bits per heavy atom. The van der Waals surface area contributed by atoms with E-state index in [-0.39, 0.29) is 36.8 Å². The summed E-state index contributed by atoms with van der Waals surface area (Å²) in [4.78, 5) is 32.6. The predicted molar refractivity (Wildman–Crippen MR) is 101 cm³/mol. The van der Waals surface area contributed by atoms with Gasteiger partial charge >= 0.3 is 0 Å². The second kappa shape index (κ2) is 7.59. The molecule has 9 heteroatoms. The number of rotatable bonds is 4. The molecule has 0 saturated carbocycles. The topological polar surface area (TPSA) is 91.6 Å². The molecule has 1 atom stereocenters. The van der Waals surface area contributed by atoms with Crippen molar-refractivity contribution in [1.29, 1.82) is 0 Å². The van der Waals surface area contributed by atoms with Gasteiger partial charge in [0.1, 0.15) is 0 Å². The number of fused-ring (bicyclic) bond motifs is 1. The summed E-state index contributed by atoms with van der Waals surface area (Å²) in [7, 11) is 2.02. The summed E-state index contributed by atoms with van der Waals surface area (Å²) >= 11 is 0. The van der Waals surface area contributed by atoms with Crippen LogP contribution in [0.2, 0.25) is 0 Å². The van der Waals surface area contributed by atoms with E-state index < -0.39 is 0 Å². The first-order valence-electron chi connectivity index (χ1n) is 8.46. The predicted octanol–water partition coefficient (Wildman–Crippen LogP) is 1.52. The highest BCUT2D eigenvalue weighted by Gasteiger charge is 2.35. The van der Waals surface area contributed by atoms with E-state index in [1.165, 1.54) is 11.0 Å². The van der Waals surface area contributed by atoms with Crippen LogP contribution in [0.3, 0.4) is 0 Å². The van der Waals surface area contributed by atoms with E-state index in [1.54, 1.807) is 18.2 Å². The number of amides is 2. The van der Waals surface area contributed by atoms with E-state index in [0.29, 0.717) is 28.4 Å². The van der Waals surface area contributed by atoms with Gasteiger partial charge in [-0.1, -0.05) is 11.2 Å². The number of carbonyl (C=O) groups is 2. The Bertz CT molecular complexity index is 897. The number of nitrogens with zero attached hydrogens (tertiary/aromatic N) is 4. The van der Waals surface area contributed by atoms with Crippen LogP contribution >= 0.6 is 12.4 Å². The molecule has 0 radical (unpaired) electrons. The molecule has 2 amide bonds. The number of likely N-dealkylation sites (N-methyl/N-ethyl adjacent to an activating group) is 1. The van der Waals surface area contributed by atoms with Gasteiger partial charge in [0.05, 0.1) is 17.2 Å². The van der Waals surface area contributed by atoms with Crippen LogP contribution in [-0.4, -0.2) is 65.0 Å². The maximum Gasteiger partial charge on any atom is 0.261 e. The van der Waals surface area contributed by atoms with Crippen LogP contribution in [-0.2, 0) is 0 Å². The number of imide groups is 1. The van der Waals surface area contributed by atoms with Crippen LogP contribution in [0, 0.1) is 0 Å². The molecule has 4 rings (SSSR count). The summed E-state index contributed by atoms with van der Waals surface area (Å²) in [6, 6.07) is 5.04. The van der Waals surface area contributed by atoms with Crippen molar-refractivity contribution in [1.82, 2.24) is 25.3 Å². The third-order valence-electron chi connectivity index (χ3n) is 4.78.